The van der Waals surface area contributed by atoms with Crippen LogP contribution in [0, 0.1) is 6.92 Å². The summed E-state index contributed by atoms with van der Waals surface area (Å²) in [4.78, 5) is 16.9. The Morgan fingerprint density at radius 1 is 0.774 bits per heavy atom. The van der Waals surface area contributed by atoms with Crippen LogP contribution < -0.4 is 21.7 Å². The second-order valence-corrected chi connectivity index (χ2v) is 7.10. The number of pyridine rings is 1. The molecule has 0 fully saturated rings. The predicted octanol–water partition coefficient (Wildman–Crippen LogP) is 5.71. The number of aromatic nitrogens is 1. The van der Waals surface area contributed by atoms with Crippen LogP contribution >= 0.6 is 0 Å². The smallest absolute Gasteiger partial charge is 0.255 e. The number of amides is 1. The number of nitrogens with zero attached hydrogens (tertiary/aromatic N) is 1. The molecule has 4 aromatic rings. The van der Waals surface area contributed by atoms with Gasteiger partial charge in [0.15, 0.2) is 0 Å². The summed E-state index contributed by atoms with van der Waals surface area (Å²) in [5, 5.41) is 9.58. The average molecular weight is 409 g/mol. The summed E-state index contributed by atoms with van der Waals surface area (Å²) in [5.41, 5.74) is 11.5. The van der Waals surface area contributed by atoms with Gasteiger partial charge in [0.1, 0.15) is 5.82 Å². The molecule has 3 aromatic carbocycles. The third-order valence-corrected chi connectivity index (χ3v) is 4.83. The number of benzene rings is 3. The Labute approximate surface area is 181 Å². The lowest BCUT2D eigenvalue weighted by atomic mass is 10.1. The van der Waals surface area contributed by atoms with E-state index in [-0.39, 0.29) is 5.91 Å². The number of nitrogens with two attached hydrogens (primary N) is 1. The minimum Gasteiger partial charge on any atom is -0.383 e. The molecule has 0 atom stereocenters. The molecule has 6 heteroatoms. The van der Waals surface area contributed by atoms with Crippen LogP contribution in [0.2, 0.25) is 0 Å². The summed E-state index contributed by atoms with van der Waals surface area (Å²) < 4.78 is 0. The Kier molecular flexibility index (Phi) is 5.80. The SMILES string of the molecule is Cc1c(Nc2cccc(C(=O)Nc3cccc(Nc4ccccc4)c3)c2)ccnc1N. The second-order valence-electron chi connectivity index (χ2n) is 7.10. The first-order valence-corrected chi connectivity index (χ1v) is 9.90. The number of para-hydroxylation sites is 1. The van der Waals surface area contributed by atoms with E-state index < -0.39 is 0 Å². The standard InChI is InChI=1S/C25H23N5O/c1-17-23(13-14-27-24(17)26)29-20-10-5-7-18(15-20)25(31)30-22-12-6-11-21(16-22)28-19-8-3-2-4-9-19/h2-16,28H,1H3,(H,30,31)(H3,26,27,29). The molecule has 0 saturated heterocycles. The van der Waals surface area contributed by atoms with Gasteiger partial charge in [0.2, 0.25) is 0 Å². The molecular weight excluding hydrogens is 386 g/mol. The van der Waals surface area contributed by atoms with E-state index in [1.165, 1.54) is 0 Å². The van der Waals surface area contributed by atoms with Gasteiger partial charge in [-0.2, -0.15) is 0 Å². The number of nitrogens with one attached hydrogen (secondary N) is 3. The highest BCUT2D eigenvalue weighted by atomic mass is 16.1. The zero-order valence-electron chi connectivity index (χ0n) is 17.1. The van der Waals surface area contributed by atoms with E-state index >= 15 is 0 Å². The van der Waals surface area contributed by atoms with Crippen molar-refractivity contribution in [1.82, 2.24) is 4.98 Å². The fraction of sp³-hybridized carbons (Fsp3) is 0.0400. The Hall–Kier alpha value is -4.32. The Balaban J connectivity index is 1.47. The molecule has 154 valence electrons. The third-order valence-electron chi connectivity index (χ3n) is 4.83. The Bertz CT molecular complexity index is 1210. The maximum absolute atomic E-state index is 12.8. The average Bonchev–Trinajstić information content (AvgIpc) is 2.78. The molecule has 31 heavy (non-hydrogen) atoms. The largest absolute Gasteiger partial charge is 0.383 e. The lowest BCUT2D eigenvalue weighted by Crippen LogP contribution is -2.12. The van der Waals surface area contributed by atoms with Crippen molar-refractivity contribution >= 4 is 40.2 Å². The van der Waals surface area contributed by atoms with Gasteiger partial charge in [-0.15, -0.1) is 0 Å². The first-order chi connectivity index (χ1) is 15.1. The van der Waals surface area contributed by atoms with Crippen LogP contribution in [-0.2, 0) is 0 Å². The molecule has 0 aliphatic carbocycles. The van der Waals surface area contributed by atoms with E-state index in [1.807, 2.05) is 79.7 Å². The van der Waals surface area contributed by atoms with Gasteiger partial charge < -0.3 is 21.7 Å². The van der Waals surface area contributed by atoms with Gasteiger partial charge in [0, 0.05) is 45.8 Å². The first-order valence-electron chi connectivity index (χ1n) is 9.90. The zero-order chi connectivity index (χ0) is 21.6. The summed E-state index contributed by atoms with van der Waals surface area (Å²) in [7, 11) is 0. The molecule has 0 spiro atoms. The Morgan fingerprint density at radius 2 is 1.45 bits per heavy atom. The summed E-state index contributed by atoms with van der Waals surface area (Å²) >= 11 is 0. The van der Waals surface area contributed by atoms with Crippen LogP contribution in [-0.4, -0.2) is 10.9 Å². The van der Waals surface area contributed by atoms with Crippen molar-refractivity contribution < 1.29 is 4.79 Å². The minimum atomic E-state index is -0.188. The van der Waals surface area contributed by atoms with E-state index in [0.717, 1.165) is 28.3 Å². The molecule has 0 aliphatic rings. The monoisotopic (exact) mass is 409 g/mol. The number of anilines is 6. The van der Waals surface area contributed by atoms with Crippen molar-refractivity contribution in [3.63, 3.8) is 0 Å². The molecule has 0 radical (unpaired) electrons. The van der Waals surface area contributed by atoms with Crippen LogP contribution in [0.1, 0.15) is 15.9 Å². The fourth-order valence-corrected chi connectivity index (χ4v) is 3.15. The van der Waals surface area contributed by atoms with Crippen molar-refractivity contribution in [2.45, 2.75) is 6.92 Å². The highest BCUT2D eigenvalue weighted by Crippen LogP contribution is 2.24. The summed E-state index contributed by atoms with van der Waals surface area (Å²) in [6, 6.07) is 26.7. The number of carbonyl (C=O) groups is 1. The molecule has 1 amide bonds. The van der Waals surface area contributed by atoms with E-state index in [1.54, 1.807) is 18.3 Å². The number of rotatable bonds is 6. The zero-order valence-corrected chi connectivity index (χ0v) is 17.1. The topological polar surface area (TPSA) is 92.1 Å². The van der Waals surface area contributed by atoms with E-state index in [9.17, 15) is 4.79 Å². The van der Waals surface area contributed by atoms with Crippen molar-refractivity contribution in [3.05, 3.63) is 102 Å². The lowest BCUT2D eigenvalue weighted by Gasteiger charge is -2.12. The third kappa shape index (κ3) is 5.00. The normalized spacial score (nSPS) is 10.4. The fourth-order valence-electron chi connectivity index (χ4n) is 3.15. The molecular formula is C25H23N5O. The molecule has 0 unspecified atom stereocenters. The Morgan fingerprint density at radius 3 is 2.26 bits per heavy atom. The minimum absolute atomic E-state index is 0.188. The van der Waals surface area contributed by atoms with Crippen molar-refractivity contribution in [2.75, 3.05) is 21.7 Å². The first kappa shape index (κ1) is 20.0. The van der Waals surface area contributed by atoms with Crippen LogP contribution in [0.4, 0.5) is 34.3 Å². The lowest BCUT2D eigenvalue weighted by molar-refractivity contribution is 0.102. The second kappa shape index (κ2) is 9.00. The molecule has 5 N–H and O–H groups in total. The van der Waals surface area contributed by atoms with E-state index in [4.69, 9.17) is 5.73 Å². The molecule has 0 aliphatic heterocycles. The summed E-state index contributed by atoms with van der Waals surface area (Å²) in [6.07, 6.45) is 1.65. The van der Waals surface area contributed by atoms with Gasteiger partial charge in [-0.25, -0.2) is 4.98 Å². The maximum atomic E-state index is 12.8. The van der Waals surface area contributed by atoms with Gasteiger partial charge in [-0.1, -0.05) is 30.3 Å². The maximum Gasteiger partial charge on any atom is 0.255 e. The molecule has 1 aromatic heterocycles. The van der Waals surface area contributed by atoms with Crippen LogP contribution in [0.25, 0.3) is 0 Å². The van der Waals surface area contributed by atoms with Crippen molar-refractivity contribution in [3.8, 4) is 0 Å². The number of hydrogen-bond donors (Lipinski definition) is 4. The van der Waals surface area contributed by atoms with Crippen molar-refractivity contribution in [2.24, 2.45) is 0 Å². The molecule has 4 rings (SSSR count). The number of nitrogen functional groups attached to an aromatic ring is 1. The summed E-state index contributed by atoms with van der Waals surface area (Å²) in [5.74, 6) is 0.286. The van der Waals surface area contributed by atoms with Crippen LogP contribution in [0.3, 0.4) is 0 Å². The molecule has 0 bridgehead atoms. The van der Waals surface area contributed by atoms with E-state index in [2.05, 4.69) is 20.9 Å². The highest BCUT2D eigenvalue weighted by molar-refractivity contribution is 6.05. The molecule has 0 saturated carbocycles. The van der Waals surface area contributed by atoms with E-state index in [0.29, 0.717) is 17.1 Å². The predicted molar refractivity (Wildman–Crippen MR) is 127 cm³/mol. The molecule has 1 heterocycles. The van der Waals surface area contributed by atoms with Gasteiger partial charge in [0.05, 0.1) is 0 Å². The highest BCUT2D eigenvalue weighted by Gasteiger charge is 2.09. The summed E-state index contributed by atoms with van der Waals surface area (Å²) in [6.45, 7) is 1.90. The van der Waals surface area contributed by atoms with Gasteiger partial charge in [-0.05, 0) is 61.5 Å². The van der Waals surface area contributed by atoms with Gasteiger partial charge in [-0.3, -0.25) is 4.79 Å². The van der Waals surface area contributed by atoms with Crippen molar-refractivity contribution in [1.29, 1.82) is 0 Å². The van der Waals surface area contributed by atoms with Gasteiger partial charge >= 0.3 is 0 Å². The quantitative estimate of drug-likeness (QED) is 0.327. The number of hydrogen-bond acceptors (Lipinski definition) is 5. The van der Waals surface area contributed by atoms with Gasteiger partial charge in [0.25, 0.3) is 5.91 Å². The number of carbonyl (C=O) groups excluding carboxylic acids is 1. The molecule has 6 nitrogen and oxygen atoms in total. The van der Waals surface area contributed by atoms with Crippen LogP contribution in [0.15, 0.2) is 91.1 Å². The van der Waals surface area contributed by atoms with Crippen LogP contribution in [0.5, 0.6) is 0 Å².